The molecule has 0 fully saturated rings. The Morgan fingerprint density at radius 3 is 2.37 bits per heavy atom. The van der Waals surface area contributed by atoms with Crippen LogP contribution < -0.4 is 5.32 Å². The average Bonchev–Trinajstić information content (AvgIpc) is 3.43. The minimum atomic E-state index is -0.503. The Morgan fingerprint density at radius 1 is 0.854 bits per heavy atom. The summed E-state index contributed by atoms with van der Waals surface area (Å²) in [6.45, 7) is 2.16. The van der Waals surface area contributed by atoms with Gasteiger partial charge in [-0.3, -0.25) is 4.79 Å². The van der Waals surface area contributed by atoms with Crippen LogP contribution in [0, 0.1) is 0 Å². The smallest absolute Gasteiger partial charge is 0.341 e. The van der Waals surface area contributed by atoms with E-state index in [2.05, 4.69) is 24.4 Å². The highest BCUT2D eigenvalue weighted by Gasteiger charge is 2.24. The molecule has 202 valence electrons. The van der Waals surface area contributed by atoms with Crippen molar-refractivity contribution in [2.75, 3.05) is 12.4 Å². The molecule has 0 spiro atoms. The minimum Gasteiger partial charge on any atom is -0.465 e. The summed E-state index contributed by atoms with van der Waals surface area (Å²) in [4.78, 5) is 31.7. The molecule has 0 aliphatic rings. The zero-order valence-corrected chi connectivity index (χ0v) is 23.6. The molecule has 41 heavy (non-hydrogen) atoms. The topological polar surface area (TPSA) is 68.3 Å². The molecule has 0 radical (unpaired) electrons. The minimum absolute atomic E-state index is 0.315. The van der Waals surface area contributed by atoms with Crippen LogP contribution in [-0.2, 0) is 11.2 Å². The summed E-state index contributed by atoms with van der Waals surface area (Å²) in [5.74, 6) is -0.818. The number of anilines is 1. The molecule has 2 heterocycles. The number of amides is 1. The monoisotopic (exact) mass is 556 g/mol. The van der Waals surface area contributed by atoms with Crippen molar-refractivity contribution in [3.8, 4) is 22.4 Å². The van der Waals surface area contributed by atoms with Crippen molar-refractivity contribution in [1.82, 2.24) is 4.98 Å². The van der Waals surface area contributed by atoms with Gasteiger partial charge in [0.05, 0.1) is 23.9 Å². The third-order valence-electron chi connectivity index (χ3n) is 7.22. The number of ether oxygens (including phenoxy) is 1. The van der Waals surface area contributed by atoms with E-state index in [1.807, 2.05) is 90.3 Å². The number of aryl methyl sites for hydroxylation is 1. The molecule has 6 rings (SSSR count). The molecule has 1 N–H and O–H groups in total. The fourth-order valence-corrected chi connectivity index (χ4v) is 6.09. The molecule has 0 unspecified atom stereocenters. The maximum atomic E-state index is 13.9. The van der Waals surface area contributed by atoms with Crippen LogP contribution >= 0.6 is 11.3 Å². The van der Waals surface area contributed by atoms with E-state index in [4.69, 9.17) is 9.72 Å². The van der Waals surface area contributed by atoms with Crippen LogP contribution in [0.1, 0.15) is 39.6 Å². The van der Waals surface area contributed by atoms with Crippen LogP contribution in [0.4, 0.5) is 5.00 Å². The third-order valence-corrected chi connectivity index (χ3v) is 8.11. The summed E-state index contributed by atoms with van der Waals surface area (Å²) in [6.07, 6.45) is 2.10. The average molecular weight is 557 g/mol. The molecule has 2 aromatic heterocycles. The van der Waals surface area contributed by atoms with Gasteiger partial charge in [-0.2, -0.15) is 0 Å². The number of aromatic nitrogens is 1. The zero-order chi connectivity index (χ0) is 28.3. The third kappa shape index (κ3) is 5.22. The van der Waals surface area contributed by atoms with Gasteiger partial charge in [-0.15, -0.1) is 11.3 Å². The van der Waals surface area contributed by atoms with E-state index in [0.717, 1.165) is 51.2 Å². The van der Waals surface area contributed by atoms with E-state index in [9.17, 15) is 9.59 Å². The summed E-state index contributed by atoms with van der Waals surface area (Å²) in [7, 11) is 1.35. The molecule has 0 atom stereocenters. The highest BCUT2D eigenvalue weighted by atomic mass is 32.1. The van der Waals surface area contributed by atoms with E-state index in [1.165, 1.54) is 24.0 Å². The number of nitrogens with zero attached hydrogens (tertiary/aromatic N) is 1. The lowest BCUT2D eigenvalue weighted by atomic mass is 10.00. The maximum Gasteiger partial charge on any atom is 0.341 e. The van der Waals surface area contributed by atoms with Crippen molar-refractivity contribution < 1.29 is 14.3 Å². The molecule has 0 bridgehead atoms. The lowest BCUT2D eigenvalue weighted by molar-refractivity contribution is 0.0603. The number of methoxy groups -OCH3 is 1. The normalized spacial score (nSPS) is 11.1. The van der Waals surface area contributed by atoms with Gasteiger partial charge in [-0.05, 0) is 46.5 Å². The number of fused-ring (bicyclic) bond motifs is 2. The van der Waals surface area contributed by atoms with E-state index >= 15 is 0 Å². The van der Waals surface area contributed by atoms with Crippen LogP contribution in [0.5, 0.6) is 0 Å². The zero-order valence-electron chi connectivity index (χ0n) is 22.8. The number of hydrogen-bond acceptors (Lipinski definition) is 5. The van der Waals surface area contributed by atoms with Crippen molar-refractivity contribution in [2.24, 2.45) is 0 Å². The van der Waals surface area contributed by atoms with Crippen molar-refractivity contribution in [3.63, 3.8) is 0 Å². The Morgan fingerprint density at radius 2 is 1.59 bits per heavy atom. The number of rotatable bonds is 7. The Bertz CT molecular complexity index is 1910. The largest absolute Gasteiger partial charge is 0.465 e. The first kappa shape index (κ1) is 26.4. The SMILES string of the molecule is CCCc1ccc(-c2cc(C(=O)Nc3scc(-c4ccc5ccccc5c4)c3C(=O)OC)c3ccccc3n2)cc1. The predicted molar refractivity (Wildman–Crippen MR) is 168 cm³/mol. The quantitative estimate of drug-likeness (QED) is 0.200. The van der Waals surface area contributed by atoms with Crippen LogP contribution in [0.25, 0.3) is 44.1 Å². The molecule has 0 aliphatic carbocycles. The van der Waals surface area contributed by atoms with Crippen molar-refractivity contribution in [2.45, 2.75) is 19.8 Å². The number of pyridine rings is 1. The second-order valence-corrected chi connectivity index (χ2v) is 10.8. The van der Waals surface area contributed by atoms with Gasteiger partial charge in [-0.25, -0.2) is 9.78 Å². The van der Waals surface area contributed by atoms with Gasteiger partial charge in [0, 0.05) is 21.9 Å². The first-order valence-electron chi connectivity index (χ1n) is 13.5. The molecule has 0 saturated heterocycles. The fourth-order valence-electron chi connectivity index (χ4n) is 5.14. The molecule has 4 aromatic carbocycles. The second kappa shape index (κ2) is 11.4. The number of benzene rings is 4. The van der Waals surface area contributed by atoms with Crippen molar-refractivity contribution >= 4 is 49.9 Å². The Labute approximate surface area is 242 Å². The van der Waals surface area contributed by atoms with E-state index in [1.54, 1.807) is 0 Å². The molecular formula is C35H28N2O3S. The molecule has 6 heteroatoms. The van der Waals surface area contributed by atoms with E-state index in [0.29, 0.717) is 21.8 Å². The van der Waals surface area contributed by atoms with Crippen molar-refractivity contribution in [1.29, 1.82) is 0 Å². The highest BCUT2D eigenvalue weighted by Crippen LogP contribution is 2.38. The number of thiophene rings is 1. The maximum absolute atomic E-state index is 13.9. The van der Waals surface area contributed by atoms with Gasteiger partial charge in [-0.1, -0.05) is 92.2 Å². The molecule has 0 aliphatic heterocycles. The van der Waals surface area contributed by atoms with Gasteiger partial charge in [0.1, 0.15) is 10.6 Å². The van der Waals surface area contributed by atoms with Crippen LogP contribution in [0.3, 0.4) is 0 Å². The molecule has 1 amide bonds. The highest BCUT2D eigenvalue weighted by molar-refractivity contribution is 7.15. The van der Waals surface area contributed by atoms with Gasteiger partial charge < -0.3 is 10.1 Å². The number of nitrogens with one attached hydrogen (secondary N) is 1. The van der Waals surface area contributed by atoms with Gasteiger partial charge >= 0.3 is 5.97 Å². The number of carbonyl (C=O) groups is 2. The standard InChI is InChI=1S/C35H28N2O3S/c1-3-8-22-13-15-24(16-14-22)31-20-28(27-11-6-7-12-30(27)36-31)33(38)37-34-32(35(39)40-2)29(21-41-34)26-18-17-23-9-4-5-10-25(23)19-26/h4-7,9-21H,3,8H2,1-2H3,(H,37,38). The van der Waals surface area contributed by atoms with Gasteiger partial charge in [0.2, 0.25) is 0 Å². The Kier molecular flexibility index (Phi) is 7.32. The first-order valence-corrected chi connectivity index (χ1v) is 14.4. The molecule has 5 nitrogen and oxygen atoms in total. The number of carbonyl (C=O) groups excluding carboxylic acids is 2. The molecule has 6 aromatic rings. The molecular weight excluding hydrogens is 528 g/mol. The Balaban J connectivity index is 1.39. The summed E-state index contributed by atoms with van der Waals surface area (Å²) in [5, 5.41) is 8.26. The lowest BCUT2D eigenvalue weighted by Gasteiger charge is -2.12. The first-order chi connectivity index (χ1) is 20.1. The summed E-state index contributed by atoms with van der Waals surface area (Å²) in [5.41, 5.74) is 6.07. The number of para-hydroxylation sites is 1. The van der Waals surface area contributed by atoms with Gasteiger partial charge in [0.25, 0.3) is 5.91 Å². The van der Waals surface area contributed by atoms with Crippen molar-refractivity contribution in [3.05, 3.63) is 119 Å². The summed E-state index contributed by atoms with van der Waals surface area (Å²) in [6, 6.07) is 31.9. The lowest BCUT2D eigenvalue weighted by Crippen LogP contribution is -2.15. The summed E-state index contributed by atoms with van der Waals surface area (Å²) < 4.78 is 5.15. The predicted octanol–water partition coefficient (Wildman–Crippen LogP) is 8.77. The second-order valence-electron chi connectivity index (χ2n) is 9.88. The Hall–Kier alpha value is -4.81. The van der Waals surface area contributed by atoms with Crippen LogP contribution in [0.2, 0.25) is 0 Å². The van der Waals surface area contributed by atoms with E-state index < -0.39 is 5.97 Å². The van der Waals surface area contributed by atoms with E-state index in [-0.39, 0.29) is 5.91 Å². The van der Waals surface area contributed by atoms with Crippen LogP contribution in [0.15, 0.2) is 102 Å². The molecule has 0 saturated carbocycles. The number of hydrogen-bond donors (Lipinski definition) is 1. The number of esters is 1. The fraction of sp³-hybridized carbons (Fsp3) is 0.114. The summed E-state index contributed by atoms with van der Waals surface area (Å²) >= 11 is 1.31. The van der Waals surface area contributed by atoms with Crippen LogP contribution in [-0.4, -0.2) is 24.0 Å². The van der Waals surface area contributed by atoms with Gasteiger partial charge in [0.15, 0.2) is 0 Å².